The summed E-state index contributed by atoms with van der Waals surface area (Å²) in [6.45, 7) is 0.745. The van der Waals surface area contributed by atoms with Crippen molar-refractivity contribution in [3.63, 3.8) is 0 Å². The molecule has 1 amide bonds. The third-order valence-corrected chi connectivity index (χ3v) is 3.34. The molecule has 0 aromatic heterocycles. The van der Waals surface area contributed by atoms with Gasteiger partial charge in [-0.2, -0.15) is 0 Å². The van der Waals surface area contributed by atoms with Gasteiger partial charge in [0.25, 0.3) is 0 Å². The van der Waals surface area contributed by atoms with Gasteiger partial charge in [0.1, 0.15) is 35.9 Å². The number of phenols is 1. The molecule has 1 aromatic rings. The predicted octanol–water partition coefficient (Wildman–Crippen LogP) is -1.29. The minimum absolute atomic E-state index is 0.0546. The molecule has 2 rings (SSSR count). The van der Waals surface area contributed by atoms with Gasteiger partial charge in [0.15, 0.2) is 0 Å². The minimum atomic E-state index is -1.36. The molecular weight excluding hydrogens is 294 g/mol. The summed E-state index contributed by atoms with van der Waals surface area (Å²) in [5.41, 5.74) is 0. The molecule has 8 nitrogen and oxygen atoms in total. The molecular formula is C14H19NO7. The number of amides is 1. The number of hydrogen-bond acceptors (Lipinski definition) is 7. The summed E-state index contributed by atoms with van der Waals surface area (Å²) in [6, 6.07) is 4.76. The molecule has 1 fully saturated rings. The number of aromatic hydroxyl groups is 1. The van der Waals surface area contributed by atoms with Crippen LogP contribution in [0.15, 0.2) is 24.3 Å². The molecule has 1 aliphatic rings. The number of ether oxygens (including phenoxy) is 2. The molecule has 1 saturated heterocycles. The maximum atomic E-state index is 11.3. The lowest BCUT2D eigenvalue weighted by molar-refractivity contribution is -0.244. The Morgan fingerprint density at radius 3 is 2.45 bits per heavy atom. The Morgan fingerprint density at radius 2 is 1.91 bits per heavy atom. The van der Waals surface area contributed by atoms with E-state index in [9.17, 15) is 25.2 Å². The van der Waals surface area contributed by atoms with E-state index < -0.39 is 43.2 Å². The Morgan fingerprint density at radius 1 is 1.27 bits per heavy atom. The highest BCUT2D eigenvalue weighted by Gasteiger charge is 2.46. The summed E-state index contributed by atoms with van der Waals surface area (Å²) in [4.78, 5) is 11.3. The Balaban J connectivity index is 2.18. The van der Waals surface area contributed by atoms with Crippen LogP contribution in [0, 0.1) is 0 Å². The van der Waals surface area contributed by atoms with E-state index in [1.807, 2.05) is 0 Å². The molecule has 0 spiro atoms. The highest BCUT2D eigenvalue weighted by molar-refractivity contribution is 5.73. The van der Waals surface area contributed by atoms with Crippen molar-refractivity contribution < 1.29 is 34.7 Å². The average molecular weight is 313 g/mol. The molecule has 1 aliphatic heterocycles. The topological polar surface area (TPSA) is 128 Å². The van der Waals surface area contributed by atoms with Gasteiger partial charge in [-0.15, -0.1) is 0 Å². The van der Waals surface area contributed by atoms with E-state index >= 15 is 0 Å². The van der Waals surface area contributed by atoms with E-state index in [1.165, 1.54) is 31.2 Å². The van der Waals surface area contributed by atoms with Gasteiger partial charge in [-0.1, -0.05) is 0 Å². The molecule has 22 heavy (non-hydrogen) atoms. The molecule has 3 unspecified atom stereocenters. The maximum absolute atomic E-state index is 11.3. The van der Waals surface area contributed by atoms with Crippen LogP contribution in [0.1, 0.15) is 6.92 Å². The summed E-state index contributed by atoms with van der Waals surface area (Å²) >= 11 is 0. The summed E-state index contributed by atoms with van der Waals surface area (Å²) in [7, 11) is 0. The van der Waals surface area contributed by atoms with Gasteiger partial charge in [-0.25, -0.2) is 0 Å². The molecule has 122 valence electrons. The van der Waals surface area contributed by atoms with Gasteiger partial charge in [0.2, 0.25) is 12.2 Å². The number of rotatable bonds is 4. The summed E-state index contributed by atoms with van der Waals surface area (Å²) in [6.07, 6.45) is -4.87. The van der Waals surface area contributed by atoms with E-state index in [0.29, 0.717) is 5.75 Å². The van der Waals surface area contributed by atoms with Crippen LogP contribution in [0.2, 0.25) is 0 Å². The van der Waals surface area contributed by atoms with E-state index in [4.69, 9.17) is 9.47 Å². The highest BCUT2D eigenvalue weighted by atomic mass is 16.7. The van der Waals surface area contributed by atoms with E-state index in [2.05, 4.69) is 5.32 Å². The smallest absolute Gasteiger partial charge is 0.223 e. The molecule has 8 heteroatoms. The molecule has 1 aromatic carbocycles. The Hall–Kier alpha value is -1.87. The van der Waals surface area contributed by atoms with Crippen LogP contribution in [-0.2, 0) is 9.53 Å². The van der Waals surface area contributed by atoms with Crippen molar-refractivity contribution >= 4 is 5.91 Å². The SMILES string of the molecule is CC(=O)NC1C(O)[C@H](O)C(CO)O[C@@H]1Oc1ccc(O)cc1. The molecule has 5 N–H and O–H groups in total. The third kappa shape index (κ3) is 3.66. The number of nitrogens with one attached hydrogen (secondary N) is 1. The number of benzene rings is 1. The lowest BCUT2D eigenvalue weighted by Crippen LogP contribution is -2.65. The average Bonchev–Trinajstić information content (AvgIpc) is 2.48. The largest absolute Gasteiger partial charge is 0.508 e. The van der Waals surface area contributed by atoms with Crippen molar-refractivity contribution in [2.24, 2.45) is 0 Å². The summed E-state index contributed by atoms with van der Waals surface area (Å²) < 4.78 is 11.0. The Kier molecular flexibility index (Phi) is 5.19. The zero-order valence-electron chi connectivity index (χ0n) is 11.9. The number of hydrogen-bond donors (Lipinski definition) is 5. The molecule has 1 heterocycles. The second-order valence-electron chi connectivity index (χ2n) is 5.04. The summed E-state index contributed by atoms with van der Waals surface area (Å²) in [5, 5.41) is 40.9. The Bertz CT molecular complexity index is 506. The van der Waals surface area contributed by atoms with Crippen LogP contribution >= 0.6 is 0 Å². The van der Waals surface area contributed by atoms with Gasteiger partial charge in [0, 0.05) is 6.92 Å². The van der Waals surface area contributed by atoms with Crippen LogP contribution < -0.4 is 10.1 Å². The fourth-order valence-corrected chi connectivity index (χ4v) is 2.23. The van der Waals surface area contributed by atoms with Crippen LogP contribution in [0.3, 0.4) is 0 Å². The maximum Gasteiger partial charge on any atom is 0.223 e. The van der Waals surface area contributed by atoms with Gasteiger partial charge in [-0.05, 0) is 24.3 Å². The van der Waals surface area contributed by atoms with Gasteiger partial charge >= 0.3 is 0 Å². The Labute approximate surface area is 126 Å². The van der Waals surface area contributed by atoms with Gasteiger partial charge < -0.3 is 35.2 Å². The second-order valence-corrected chi connectivity index (χ2v) is 5.04. The first kappa shape index (κ1) is 16.5. The fourth-order valence-electron chi connectivity index (χ4n) is 2.23. The van der Waals surface area contributed by atoms with Crippen molar-refractivity contribution in [1.29, 1.82) is 0 Å². The standard InChI is InChI=1S/C14H19NO7/c1-7(17)15-11-13(20)12(19)10(6-16)22-14(11)21-9-4-2-8(18)3-5-9/h2-5,10-14,16,18-20H,6H2,1H3,(H,15,17)/t10?,11?,12-,13?,14+/m1/s1. The van der Waals surface area contributed by atoms with Crippen molar-refractivity contribution in [2.45, 2.75) is 37.6 Å². The number of phenolic OH excluding ortho intramolecular Hbond substituents is 1. The number of carbonyl (C=O) groups excluding carboxylic acids is 1. The van der Waals surface area contributed by atoms with Gasteiger partial charge in [-0.3, -0.25) is 4.79 Å². The quantitative estimate of drug-likeness (QED) is 0.468. The van der Waals surface area contributed by atoms with Gasteiger partial charge in [0.05, 0.1) is 6.61 Å². The van der Waals surface area contributed by atoms with Crippen LogP contribution in [0.5, 0.6) is 11.5 Å². The van der Waals surface area contributed by atoms with Crippen molar-refractivity contribution in [3.05, 3.63) is 24.3 Å². The zero-order chi connectivity index (χ0) is 16.3. The van der Waals surface area contributed by atoms with E-state index in [0.717, 1.165) is 0 Å². The van der Waals surface area contributed by atoms with Crippen molar-refractivity contribution in [2.75, 3.05) is 6.61 Å². The lowest BCUT2D eigenvalue weighted by atomic mass is 9.97. The fraction of sp³-hybridized carbons (Fsp3) is 0.500. The van der Waals surface area contributed by atoms with Crippen LogP contribution in [-0.4, -0.2) is 63.6 Å². The monoisotopic (exact) mass is 313 g/mol. The van der Waals surface area contributed by atoms with Crippen molar-refractivity contribution in [1.82, 2.24) is 5.32 Å². The van der Waals surface area contributed by atoms with Crippen LogP contribution in [0.4, 0.5) is 0 Å². The first-order chi connectivity index (χ1) is 10.4. The molecule has 0 bridgehead atoms. The van der Waals surface area contributed by atoms with Crippen molar-refractivity contribution in [3.8, 4) is 11.5 Å². The minimum Gasteiger partial charge on any atom is -0.508 e. The molecule has 0 saturated carbocycles. The first-order valence-electron chi connectivity index (χ1n) is 6.77. The lowest BCUT2D eigenvalue weighted by Gasteiger charge is -2.42. The number of aliphatic hydroxyl groups is 3. The molecule has 5 atom stereocenters. The number of aliphatic hydroxyl groups excluding tert-OH is 3. The van der Waals surface area contributed by atoms with E-state index in [1.54, 1.807) is 0 Å². The third-order valence-electron chi connectivity index (χ3n) is 3.34. The summed E-state index contributed by atoms with van der Waals surface area (Å²) in [5.74, 6) is -0.0425. The highest BCUT2D eigenvalue weighted by Crippen LogP contribution is 2.25. The van der Waals surface area contributed by atoms with E-state index in [-0.39, 0.29) is 5.75 Å². The number of carbonyl (C=O) groups is 1. The zero-order valence-corrected chi connectivity index (χ0v) is 11.9. The molecule has 0 aliphatic carbocycles. The van der Waals surface area contributed by atoms with Crippen LogP contribution in [0.25, 0.3) is 0 Å². The predicted molar refractivity (Wildman–Crippen MR) is 74.1 cm³/mol. The normalized spacial score (nSPS) is 31.5. The first-order valence-corrected chi connectivity index (χ1v) is 6.77. The molecule has 0 radical (unpaired) electrons. The second kappa shape index (κ2) is 6.93.